The van der Waals surface area contributed by atoms with Crippen molar-refractivity contribution in [3.8, 4) is 0 Å². The van der Waals surface area contributed by atoms with Gasteiger partial charge >= 0.3 is 0 Å². The smallest absolute Gasteiger partial charge is 0.246 e. The molecule has 4 rings (SSSR count). The molecule has 0 saturated heterocycles. The fourth-order valence-corrected chi connectivity index (χ4v) is 3.84. The predicted molar refractivity (Wildman–Crippen MR) is 118 cm³/mol. The van der Waals surface area contributed by atoms with E-state index in [4.69, 9.17) is 5.73 Å². The van der Waals surface area contributed by atoms with Gasteiger partial charge in [0.1, 0.15) is 5.82 Å². The van der Waals surface area contributed by atoms with E-state index in [0.29, 0.717) is 18.8 Å². The number of carbonyl (C=O) groups is 2. The lowest BCUT2D eigenvalue weighted by molar-refractivity contribution is -0.125. The van der Waals surface area contributed by atoms with Crippen LogP contribution in [0.25, 0.3) is 17.0 Å². The second-order valence-corrected chi connectivity index (χ2v) is 7.74. The zero-order chi connectivity index (χ0) is 21.4. The van der Waals surface area contributed by atoms with E-state index in [1.54, 1.807) is 30.3 Å². The van der Waals surface area contributed by atoms with Gasteiger partial charge in [0.25, 0.3) is 0 Å². The SMILES string of the molecule is Cc1c(CN(C)C(=O)C=Cc2cnc3c(c2)CC(N)C(=O)N3)c2ccccc2n1C. The highest BCUT2D eigenvalue weighted by Gasteiger charge is 2.23. The summed E-state index contributed by atoms with van der Waals surface area (Å²) in [7, 11) is 3.84. The Morgan fingerprint density at radius 3 is 2.97 bits per heavy atom. The third-order valence-corrected chi connectivity index (χ3v) is 5.73. The predicted octanol–water partition coefficient (Wildman–Crippen LogP) is 2.38. The van der Waals surface area contributed by atoms with Crippen LogP contribution in [0.1, 0.15) is 22.4 Å². The fourth-order valence-electron chi connectivity index (χ4n) is 3.84. The van der Waals surface area contributed by atoms with E-state index in [2.05, 4.69) is 33.9 Å². The van der Waals surface area contributed by atoms with Gasteiger partial charge in [-0.3, -0.25) is 9.59 Å². The molecule has 30 heavy (non-hydrogen) atoms. The highest BCUT2D eigenvalue weighted by atomic mass is 16.2. The van der Waals surface area contributed by atoms with E-state index < -0.39 is 6.04 Å². The van der Waals surface area contributed by atoms with Crippen molar-refractivity contribution >= 4 is 34.6 Å². The molecule has 3 aromatic rings. The van der Waals surface area contributed by atoms with Crippen LogP contribution in [-0.2, 0) is 29.6 Å². The number of para-hydroxylation sites is 1. The van der Waals surface area contributed by atoms with Crippen LogP contribution >= 0.6 is 0 Å². The van der Waals surface area contributed by atoms with E-state index in [-0.39, 0.29) is 11.8 Å². The Morgan fingerprint density at radius 1 is 1.40 bits per heavy atom. The molecule has 0 radical (unpaired) electrons. The summed E-state index contributed by atoms with van der Waals surface area (Å²) in [6.07, 6.45) is 5.36. The number of aryl methyl sites for hydroxylation is 1. The molecule has 0 bridgehead atoms. The first-order valence-corrected chi connectivity index (χ1v) is 9.86. The van der Waals surface area contributed by atoms with E-state index in [9.17, 15) is 9.59 Å². The van der Waals surface area contributed by atoms with Crippen LogP contribution in [0.5, 0.6) is 0 Å². The van der Waals surface area contributed by atoms with Crippen molar-refractivity contribution in [1.29, 1.82) is 0 Å². The molecule has 3 heterocycles. The summed E-state index contributed by atoms with van der Waals surface area (Å²) in [5.74, 6) is 0.220. The summed E-state index contributed by atoms with van der Waals surface area (Å²) in [6, 6.07) is 9.55. The van der Waals surface area contributed by atoms with Crippen LogP contribution in [0.2, 0.25) is 0 Å². The Bertz CT molecular complexity index is 1180. The molecular formula is C23H25N5O2. The molecule has 1 aliphatic heterocycles. The number of anilines is 1. The molecule has 1 atom stereocenters. The van der Waals surface area contributed by atoms with Crippen LogP contribution in [0, 0.1) is 6.92 Å². The molecular weight excluding hydrogens is 378 g/mol. The first-order chi connectivity index (χ1) is 14.3. The maximum Gasteiger partial charge on any atom is 0.246 e. The Balaban J connectivity index is 1.50. The van der Waals surface area contributed by atoms with Gasteiger partial charge < -0.3 is 20.5 Å². The van der Waals surface area contributed by atoms with Gasteiger partial charge in [-0.05, 0) is 41.8 Å². The van der Waals surface area contributed by atoms with Crippen molar-refractivity contribution in [1.82, 2.24) is 14.5 Å². The number of carbonyl (C=O) groups excluding carboxylic acids is 2. The van der Waals surface area contributed by atoms with Crippen molar-refractivity contribution in [2.24, 2.45) is 12.8 Å². The first kappa shape index (κ1) is 19.8. The summed E-state index contributed by atoms with van der Waals surface area (Å²) in [6.45, 7) is 2.60. The second-order valence-electron chi connectivity index (χ2n) is 7.74. The van der Waals surface area contributed by atoms with Crippen LogP contribution in [0.4, 0.5) is 5.82 Å². The molecule has 0 aliphatic carbocycles. The molecule has 0 fully saturated rings. The van der Waals surface area contributed by atoms with Gasteiger partial charge in [0, 0.05) is 55.9 Å². The number of benzene rings is 1. The zero-order valence-electron chi connectivity index (χ0n) is 17.3. The Hall–Kier alpha value is -3.45. The molecule has 1 aromatic carbocycles. The molecule has 3 N–H and O–H groups in total. The lowest BCUT2D eigenvalue weighted by Crippen LogP contribution is -2.41. The molecule has 1 unspecified atom stereocenters. The number of nitrogens with one attached hydrogen (secondary N) is 1. The number of nitrogens with two attached hydrogens (primary N) is 1. The molecule has 2 aromatic heterocycles. The number of nitrogens with zero attached hydrogens (tertiary/aromatic N) is 3. The second kappa shape index (κ2) is 7.76. The minimum absolute atomic E-state index is 0.0925. The Morgan fingerprint density at radius 2 is 2.17 bits per heavy atom. The molecule has 0 saturated carbocycles. The molecule has 154 valence electrons. The number of hydrogen-bond donors (Lipinski definition) is 2. The van der Waals surface area contributed by atoms with Crippen LogP contribution in [0.15, 0.2) is 42.6 Å². The Kier molecular flexibility index (Phi) is 5.13. The van der Waals surface area contributed by atoms with Gasteiger partial charge in [0.05, 0.1) is 6.04 Å². The van der Waals surface area contributed by atoms with Crippen molar-refractivity contribution in [2.45, 2.75) is 25.9 Å². The topological polar surface area (TPSA) is 93.2 Å². The van der Waals surface area contributed by atoms with Gasteiger partial charge in [0.15, 0.2) is 0 Å². The largest absolute Gasteiger partial charge is 0.348 e. The number of fused-ring (bicyclic) bond motifs is 2. The van der Waals surface area contributed by atoms with Gasteiger partial charge in [-0.2, -0.15) is 0 Å². The van der Waals surface area contributed by atoms with E-state index in [1.165, 1.54) is 5.39 Å². The molecule has 7 heteroatoms. The van der Waals surface area contributed by atoms with Crippen molar-refractivity contribution < 1.29 is 9.59 Å². The zero-order valence-corrected chi connectivity index (χ0v) is 17.3. The van der Waals surface area contributed by atoms with Crippen LogP contribution < -0.4 is 11.1 Å². The summed E-state index contributed by atoms with van der Waals surface area (Å²) in [4.78, 5) is 30.3. The summed E-state index contributed by atoms with van der Waals surface area (Å²) in [5, 5.41) is 3.86. The molecule has 1 aliphatic rings. The van der Waals surface area contributed by atoms with E-state index in [1.807, 2.05) is 25.2 Å². The van der Waals surface area contributed by atoms with Gasteiger partial charge in [-0.1, -0.05) is 18.2 Å². The van der Waals surface area contributed by atoms with Crippen LogP contribution in [0.3, 0.4) is 0 Å². The van der Waals surface area contributed by atoms with E-state index >= 15 is 0 Å². The highest BCUT2D eigenvalue weighted by molar-refractivity contribution is 5.97. The highest BCUT2D eigenvalue weighted by Crippen LogP contribution is 2.26. The number of amides is 2. The maximum absolute atomic E-state index is 12.7. The molecule has 7 nitrogen and oxygen atoms in total. The molecule has 2 amide bonds. The summed E-state index contributed by atoms with van der Waals surface area (Å²) < 4.78 is 2.15. The summed E-state index contributed by atoms with van der Waals surface area (Å²) in [5.41, 5.74) is 10.9. The minimum atomic E-state index is -0.574. The monoisotopic (exact) mass is 403 g/mol. The number of rotatable bonds is 4. The number of aromatic nitrogens is 2. The lowest BCUT2D eigenvalue weighted by atomic mass is 10.0. The number of likely N-dealkylation sites (N-methyl/N-ethyl adjacent to an activating group) is 1. The van der Waals surface area contributed by atoms with E-state index in [0.717, 1.165) is 27.9 Å². The maximum atomic E-state index is 12.7. The average Bonchev–Trinajstić information content (AvgIpc) is 2.98. The Labute approximate surface area is 175 Å². The van der Waals surface area contributed by atoms with Gasteiger partial charge in [-0.25, -0.2) is 4.98 Å². The lowest BCUT2D eigenvalue weighted by Gasteiger charge is -2.20. The van der Waals surface area contributed by atoms with Gasteiger partial charge in [0.2, 0.25) is 11.8 Å². The third kappa shape index (κ3) is 3.59. The quantitative estimate of drug-likeness (QED) is 0.654. The van der Waals surface area contributed by atoms with Crippen molar-refractivity contribution in [3.63, 3.8) is 0 Å². The fraction of sp³-hybridized carbons (Fsp3) is 0.261. The van der Waals surface area contributed by atoms with Crippen molar-refractivity contribution in [3.05, 3.63) is 65.0 Å². The first-order valence-electron chi connectivity index (χ1n) is 9.86. The standard InChI is InChI=1S/C23H25N5O2/c1-14-18(17-6-4-5-7-20(17)28(14)3)13-27(2)21(29)9-8-15-10-16-11-19(24)23(30)26-22(16)25-12-15/h4-10,12,19H,11,13,24H2,1-3H3,(H,25,26,30). The summed E-state index contributed by atoms with van der Waals surface area (Å²) >= 11 is 0. The van der Waals surface area contributed by atoms with Gasteiger partial charge in [-0.15, -0.1) is 0 Å². The van der Waals surface area contributed by atoms with Crippen LogP contribution in [-0.4, -0.2) is 39.4 Å². The number of hydrogen-bond acceptors (Lipinski definition) is 4. The number of pyridine rings is 1. The van der Waals surface area contributed by atoms with Crippen molar-refractivity contribution in [2.75, 3.05) is 12.4 Å². The average molecular weight is 403 g/mol. The molecule has 0 spiro atoms. The normalized spacial score (nSPS) is 16.0. The minimum Gasteiger partial charge on any atom is -0.348 e. The third-order valence-electron chi connectivity index (χ3n) is 5.73.